The third-order valence-corrected chi connectivity index (χ3v) is 4.40. The predicted octanol–water partition coefficient (Wildman–Crippen LogP) is 2.05. The van der Waals surface area contributed by atoms with E-state index < -0.39 is 0 Å². The average molecular weight is 280 g/mol. The van der Waals surface area contributed by atoms with E-state index in [0.717, 1.165) is 19.5 Å². The summed E-state index contributed by atoms with van der Waals surface area (Å²) in [5.41, 5.74) is 0.520. The van der Waals surface area contributed by atoms with Gasteiger partial charge >= 0.3 is 0 Å². The number of nitrogens with zero attached hydrogens (tertiary/aromatic N) is 3. The summed E-state index contributed by atoms with van der Waals surface area (Å²) < 4.78 is 0. The third kappa shape index (κ3) is 2.60. The Kier molecular flexibility index (Phi) is 3.71. The van der Waals surface area contributed by atoms with Gasteiger partial charge in [0.2, 0.25) is 0 Å². The first kappa shape index (κ1) is 12.9. The molecule has 2 aliphatic rings. The van der Waals surface area contributed by atoms with E-state index in [1.165, 1.54) is 25.9 Å². The van der Waals surface area contributed by atoms with Gasteiger partial charge < -0.3 is 4.90 Å². The van der Waals surface area contributed by atoms with Gasteiger partial charge in [0, 0.05) is 25.3 Å². The lowest BCUT2D eigenvalue weighted by molar-refractivity contribution is 0.0780. The fourth-order valence-corrected chi connectivity index (χ4v) is 3.25. The second kappa shape index (κ2) is 5.47. The lowest BCUT2D eigenvalue weighted by Crippen LogP contribution is -2.37. The van der Waals surface area contributed by atoms with E-state index in [-0.39, 0.29) is 5.91 Å². The Balaban J connectivity index is 1.67. The Labute approximate surface area is 118 Å². The quantitative estimate of drug-likeness (QED) is 0.778. The van der Waals surface area contributed by atoms with E-state index in [0.29, 0.717) is 16.8 Å². The Morgan fingerprint density at radius 2 is 2.11 bits per heavy atom. The molecule has 1 unspecified atom stereocenters. The molecule has 102 valence electrons. The lowest BCUT2D eigenvalue weighted by Gasteiger charge is -2.23. The van der Waals surface area contributed by atoms with Crippen LogP contribution in [-0.4, -0.2) is 52.9 Å². The summed E-state index contributed by atoms with van der Waals surface area (Å²) >= 11 is 5.99. The molecule has 1 amide bonds. The molecule has 0 bridgehead atoms. The molecule has 5 heteroatoms. The summed E-state index contributed by atoms with van der Waals surface area (Å²) in [6.07, 6.45) is 5.26. The highest BCUT2D eigenvalue weighted by atomic mass is 35.5. The number of amides is 1. The zero-order valence-corrected chi connectivity index (χ0v) is 11.6. The highest BCUT2D eigenvalue weighted by molar-refractivity contribution is 6.32. The van der Waals surface area contributed by atoms with Crippen LogP contribution >= 0.6 is 11.6 Å². The molecule has 3 heterocycles. The van der Waals surface area contributed by atoms with E-state index in [9.17, 15) is 4.79 Å². The standard InChI is InChI=1S/C14H18ClN3O/c15-13-12(4-3-6-16-13)14(19)18-9-5-11(10-18)17-7-1-2-8-17/h3-4,6,11H,1-2,5,7-10H2. The second-order valence-electron chi connectivity index (χ2n) is 5.28. The second-order valence-corrected chi connectivity index (χ2v) is 5.64. The van der Waals surface area contributed by atoms with E-state index in [1.807, 2.05) is 4.90 Å². The van der Waals surface area contributed by atoms with Gasteiger partial charge in [-0.3, -0.25) is 9.69 Å². The molecule has 2 aliphatic heterocycles. The molecule has 0 N–H and O–H groups in total. The van der Waals surface area contributed by atoms with Gasteiger partial charge in [0.15, 0.2) is 0 Å². The van der Waals surface area contributed by atoms with Gasteiger partial charge in [0.25, 0.3) is 5.91 Å². The minimum atomic E-state index is 0.0137. The van der Waals surface area contributed by atoms with Crippen LogP contribution in [0.5, 0.6) is 0 Å². The lowest BCUT2D eigenvalue weighted by atomic mass is 10.2. The van der Waals surface area contributed by atoms with Crippen molar-refractivity contribution in [2.45, 2.75) is 25.3 Å². The van der Waals surface area contributed by atoms with E-state index in [4.69, 9.17) is 11.6 Å². The molecule has 2 saturated heterocycles. The monoisotopic (exact) mass is 279 g/mol. The number of likely N-dealkylation sites (tertiary alicyclic amines) is 2. The van der Waals surface area contributed by atoms with Crippen molar-refractivity contribution >= 4 is 17.5 Å². The maximum absolute atomic E-state index is 12.4. The van der Waals surface area contributed by atoms with Crippen molar-refractivity contribution in [1.82, 2.24) is 14.8 Å². The van der Waals surface area contributed by atoms with Crippen LogP contribution in [0.2, 0.25) is 5.15 Å². The van der Waals surface area contributed by atoms with Crippen LogP contribution in [0.25, 0.3) is 0 Å². The number of hydrogen-bond acceptors (Lipinski definition) is 3. The molecule has 2 fully saturated rings. The normalized spacial score (nSPS) is 24.1. The van der Waals surface area contributed by atoms with Crippen molar-refractivity contribution in [1.29, 1.82) is 0 Å². The molecule has 1 aromatic heterocycles. The minimum absolute atomic E-state index is 0.0137. The number of rotatable bonds is 2. The maximum atomic E-state index is 12.4. The first-order valence-corrected chi connectivity index (χ1v) is 7.27. The maximum Gasteiger partial charge on any atom is 0.257 e. The number of carbonyl (C=O) groups is 1. The molecule has 0 aromatic carbocycles. The molecular formula is C14H18ClN3O. The molecule has 4 nitrogen and oxygen atoms in total. The van der Waals surface area contributed by atoms with Gasteiger partial charge in [-0.25, -0.2) is 4.98 Å². The van der Waals surface area contributed by atoms with Crippen molar-refractivity contribution in [3.63, 3.8) is 0 Å². The summed E-state index contributed by atoms with van der Waals surface area (Å²) in [5, 5.41) is 0.303. The number of carbonyl (C=O) groups excluding carboxylic acids is 1. The molecule has 19 heavy (non-hydrogen) atoms. The van der Waals surface area contributed by atoms with Gasteiger partial charge in [0.05, 0.1) is 5.56 Å². The van der Waals surface area contributed by atoms with Crippen LogP contribution < -0.4 is 0 Å². The fourth-order valence-electron chi connectivity index (χ4n) is 3.05. The number of aromatic nitrogens is 1. The first-order valence-electron chi connectivity index (χ1n) is 6.89. The van der Waals surface area contributed by atoms with Crippen molar-refractivity contribution in [2.24, 2.45) is 0 Å². The van der Waals surface area contributed by atoms with Gasteiger partial charge in [0.1, 0.15) is 5.15 Å². The molecular weight excluding hydrogens is 262 g/mol. The van der Waals surface area contributed by atoms with Crippen molar-refractivity contribution in [2.75, 3.05) is 26.2 Å². The van der Waals surface area contributed by atoms with Gasteiger partial charge in [-0.2, -0.15) is 0 Å². The first-order chi connectivity index (χ1) is 9.25. The largest absolute Gasteiger partial charge is 0.337 e. The van der Waals surface area contributed by atoms with Gasteiger partial charge in [-0.05, 0) is 44.5 Å². The SMILES string of the molecule is O=C(c1cccnc1Cl)N1CCC(N2CCCC2)C1. The summed E-state index contributed by atoms with van der Waals surface area (Å²) in [7, 11) is 0. The zero-order valence-electron chi connectivity index (χ0n) is 10.9. The average Bonchev–Trinajstić information content (AvgIpc) is 3.09. The van der Waals surface area contributed by atoms with E-state index in [1.54, 1.807) is 18.3 Å². The third-order valence-electron chi connectivity index (χ3n) is 4.10. The van der Waals surface area contributed by atoms with E-state index >= 15 is 0 Å². The van der Waals surface area contributed by atoms with Crippen LogP contribution in [0, 0.1) is 0 Å². The summed E-state index contributed by atoms with van der Waals surface area (Å²) in [6.45, 7) is 4.01. The molecule has 3 rings (SSSR count). The zero-order chi connectivity index (χ0) is 13.2. The topological polar surface area (TPSA) is 36.4 Å². The van der Waals surface area contributed by atoms with Crippen molar-refractivity contribution < 1.29 is 4.79 Å². The number of halogens is 1. The van der Waals surface area contributed by atoms with Crippen LogP contribution in [0.4, 0.5) is 0 Å². The Hall–Kier alpha value is -1.13. The smallest absolute Gasteiger partial charge is 0.257 e. The molecule has 0 radical (unpaired) electrons. The van der Waals surface area contributed by atoms with Crippen LogP contribution in [0.3, 0.4) is 0 Å². The van der Waals surface area contributed by atoms with Gasteiger partial charge in [-0.1, -0.05) is 11.6 Å². The number of pyridine rings is 1. The Bertz CT molecular complexity index is 474. The number of hydrogen-bond donors (Lipinski definition) is 0. The van der Waals surface area contributed by atoms with Crippen LogP contribution in [0.1, 0.15) is 29.6 Å². The van der Waals surface area contributed by atoms with Crippen LogP contribution in [0.15, 0.2) is 18.3 Å². The Morgan fingerprint density at radius 3 is 2.84 bits per heavy atom. The molecule has 1 atom stereocenters. The summed E-state index contributed by atoms with van der Waals surface area (Å²) in [5.74, 6) is 0.0137. The highest BCUT2D eigenvalue weighted by Gasteiger charge is 2.32. The predicted molar refractivity (Wildman–Crippen MR) is 74.4 cm³/mol. The molecule has 0 aliphatic carbocycles. The fraction of sp³-hybridized carbons (Fsp3) is 0.571. The van der Waals surface area contributed by atoms with Crippen LogP contribution in [-0.2, 0) is 0 Å². The van der Waals surface area contributed by atoms with Crippen molar-refractivity contribution in [3.8, 4) is 0 Å². The highest BCUT2D eigenvalue weighted by Crippen LogP contribution is 2.23. The molecule has 0 saturated carbocycles. The summed E-state index contributed by atoms with van der Waals surface area (Å²) in [4.78, 5) is 20.8. The minimum Gasteiger partial charge on any atom is -0.337 e. The van der Waals surface area contributed by atoms with Crippen molar-refractivity contribution in [3.05, 3.63) is 29.0 Å². The van der Waals surface area contributed by atoms with E-state index in [2.05, 4.69) is 9.88 Å². The molecule has 0 spiro atoms. The van der Waals surface area contributed by atoms with Gasteiger partial charge in [-0.15, -0.1) is 0 Å². The molecule has 1 aromatic rings. The Morgan fingerprint density at radius 1 is 1.32 bits per heavy atom. The summed E-state index contributed by atoms with van der Waals surface area (Å²) in [6, 6.07) is 4.04.